The fourth-order valence-corrected chi connectivity index (χ4v) is 13.0. The Kier molecular flexibility index (Phi) is 39.8. The Bertz CT molecular complexity index is 4430. The second kappa shape index (κ2) is 49.0. The maximum atomic E-state index is 15.1. The molecule has 0 spiro atoms. The molecule has 5 rings (SSSR count). The van der Waals surface area contributed by atoms with E-state index in [1.165, 1.54) is 82.0 Å². The van der Waals surface area contributed by atoms with Gasteiger partial charge in [0.05, 0.1) is 18.9 Å². The number of nitrogens with two attached hydrogens (primary N) is 6. The lowest BCUT2D eigenvalue weighted by molar-refractivity contribution is -0.143. The maximum Gasteiger partial charge on any atom is 0.245 e. The molecular formula is C79H118N26O17. The Morgan fingerprint density at radius 2 is 0.910 bits per heavy atom. The van der Waals surface area contributed by atoms with Crippen molar-refractivity contribution in [3.63, 3.8) is 0 Å². The van der Waals surface area contributed by atoms with Gasteiger partial charge in [0, 0.05) is 93.7 Å². The van der Waals surface area contributed by atoms with Gasteiger partial charge in [-0.2, -0.15) is 0 Å². The molecule has 0 saturated heterocycles. The largest absolute Gasteiger partial charge is 0.508 e. The van der Waals surface area contributed by atoms with Crippen molar-refractivity contribution in [2.75, 3.05) is 26.7 Å². The number of carbonyl (C=O) groups is 14. The van der Waals surface area contributed by atoms with Gasteiger partial charge in [-0.25, -0.2) is 4.98 Å². The fraction of sp³-hybridized carbons (Fsp3) is 0.494. The number of benzene rings is 3. The molecule has 1 unspecified atom stereocenters. The average Bonchev–Trinajstić information content (AvgIpc) is 1.36. The van der Waals surface area contributed by atoms with Crippen LogP contribution in [0.5, 0.6) is 11.5 Å². The van der Waals surface area contributed by atoms with E-state index in [1.54, 1.807) is 51.2 Å². The third-order valence-electron chi connectivity index (χ3n) is 19.7. The van der Waals surface area contributed by atoms with Crippen LogP contribution in [0.3, 0.4) is 0 Å². The number of aromatic amines is 2. The molecule has 2 heterocycles. The molecule has 0 bridgehead atoms. The number of phenolic OH excluding ortho intramolecular Hbond substituents is 2. The van der Waals surface area contributed by atoms with Crippen LogP contribution in [-0.4, -0.2) is 235 Å². The number of aromatic nitrogens is 3. The first-order valence-corrected chi connectivity index (χ1v) is 39.8. The lowest BCUT2D eigenvalue weighted by Crippen LogP contribution is -2.63. The van der Waals surface area contributed by atoms with E-state index >= 15 is 4.79 Å². The summed E-state index contributed by atoms with van der Waals surface area (Å²) in [4.78, 5) is 210. The first kappa shape index (κ1) is 98.9. The van der Waals surface area contributed by atoms with Crippen molar-refractivity contribution in [1.82, 2.24) is 89.0 Å². The quantitative estimate of drug-likeness (QED) is 0.00989. The van der Waals surface area contributed by atoms with Crippen molar-refractivity contribution in [3.05, 3.63) is 114 Å². The van der Waals surface area contributed by atoms with Gasteiger partial charge in [0.15, 0.2) is 17.9 Å². The molecule has 0 aliphatic carbocycles. The van der Waals surface area contributed by atoms with Crippen LogP contribution in [0.2, 0.25) is 0 Å². The van der Waals surface area contributed by atoms with Gasteiger partial charge in [0.25, 0.3) is 0 Å². The molecule has 666 valence electrons. The number of aliphatic hydroxyl groups is 1. The third kappa shape index (κ3) is 33.6. The van der Waals surface area contributed by atoms with E-state index in [0.717, 1.165) is 11.8 Å². The summed E-state index contributed by atoms with van der Waals surface area (Å²) < 4.78 is 0. The first-order valence-electron chi connectivity index (χ1n) is 39.8. The van der Waals surface area contributed by atoms with Crippen LogP contribution in [0.25, 0.3) is 10.9 Å². The number of H-pyrrole nitrogens is 2. The fourth-order valence-electron chi connectivity index (χ4n) is 13.0. The molecule has 0 aliphatic rings. The molecular weight excluding hydrogens is 1590 g/mol. The summed E-state index contributed by atoms with van der Waals surface area (Å²) in [5, 5.41) is 88.4. The smallest absolute Gasteiger partial charge is 0.245 e. The zero-order valence-corrected chi connectivity index (χ0v) is 69.3. The molecule has 13 atom stereocenters. The van der Waals surface area contributed by atoms with Crippen LogP contribution in [-0.2, 0) is 92.8 Å². The number of hydrogen-bond acceptors (Lipinski definition) is 21. The van der Waals surface area contributed by atoms with Crippen LogP contribution in [0.4, 0.5) is 0 Å². The second-order valence-electron chi connectivity index (χ2n) is 30.6. The lowest BCUT2D eigenvalue weighted by Gasteiger charge is -2.33. The molecule has 0 fully saturated rings. The number of phenols is 2. The van der Waals surface area contributed by atoms with E-state index in [4.69, 9.17) is 50.6 Å². The summed E-state index contributed by atoms with van der Waals surface area (Å²) >= 11 is 0. The Morgan fingerprint density at radius 1 is 0.459 bits per heavy atom. The number of imidazole rings is 1. The van der Waals surface area contributed by atoms with Gasteiger partial charge in [0.1, 0.15) is 78.0 Å². The first-order chi connectivity index (χ1) is 57.6. The van der Waals surface area contributed by atoms with Gasteiger partial charge in [-0.15, -0.1) is 0 Å². The van der Waals surface area contributed by atoms with Crippen molar-refractivity contribution >= 4 is 111 Å². The summed E-state index contributed by atoms with van der Waals surface area (Å²) in [6, 6.07) is 0.565. The van der Waals surface area contributed by atoms with Gasteiger partial charge in [-0.3, -0.25) is 83.4 Å². The summed E-state index contributed by atoms with van der Waals surface area (Å²) in [5.74, 6) is -17.0. The van der Waals surface area contributed by atoms with Crippen LogP contribution >= 0.6 is 0 Å². The zero-order valence-electron chi connectivity index (χ0n) is 69.3. The normalized spacial score (nSPS) is 14.3. The number of carbonyl (C=O) groups excluding carboxylic acids is 14. The van der Waals surface area contributed by atoms with Gasteiger partial charge in [-0.1, -0.05) is 77.1 Å². The molecule has 122 heavy (non-hydrogen) atoms. The van der Waals surface area contributed by atoms with Crippen molar-refractivity contribution in [2.24, 2.45) is 52.2 Å². The van der Waals surface area contributed by atoms with Crippen LogP contribution in [0.1, 0.15) is 128 Å². The summed E-state index contributed by atoms with van der Waals surface area (Å²) in [6.45, 7) is 9.47. The molecule has 43 heteroatoms. The monoisotopic (exact) mass is 1700 g/mol. The minimum Gasteiger partial charge on any atom is -0.508 e. The number of likely N-dealkylation sites (N-methyl/N-ethyl adjacent to an activating group) is 1. The van der Waals surface area contributed by atoms with Crippen LogP contribution in [0.15, 0.2) is 91.5 Å². The number of nitrogens with zero attached hydrogens (tertiary/aromatic N) is 2. The minimum absolute atomic E-state index is 0.0262. The predicted octanol–water partition coefficient (Wildman–Crippen LogP) is -4.62. The highest BCUT2D eigenvalue weighted by molar-refractivity contribution is 6.01. The van der Waals surface area contributed by atoms with Gasteiger partial charge in [-0.05, 0) is 117 Å². The summed E-state index contributed by atoms with van der Waals surface area (Å²) in [7, 11) is 1.20. The number of aliphatic hydroxyl groups excluding tert-OH is 1. The number of hydrogen-bond donors (Lipinski definition) is 27. The SMILES string of the molecule is CC(C)C[C@H](NC(=O)[C@H](Cc1ccc(O)cc1)NC(=O)[C@H](Cc1cnc[nH]1)NC(=O)[C@@H](C)CCCNC(=N)N)C(=O)N[C@@H](CC(N)=O)C(=O)N[C@@H](Cc1c[nH]c2ccccc12)C(=O)N[C@H](C(=O)N[C@H](C(=O)N[C@@H](CCCNC(=N)N)C(=O)N[C@@H](CCC(N)=O)C(=O)N(C)[C@@H](CCCNC(=N)N)C(=O)NC(Cc1ccc(O)cc1)C(N)=O)[C@@H](C)O)C(C)C. The number of aromatic hydroxyl groups is 2. The Hall–Kier alpha value is -13.6. The number of primary amides is 3. The van der Waals surface area contributed by atoms with Crippen molar-refractivity contribution in [3.8, 4) is 11.5 Å². The Balaban J connectivity index is 1.43. The topological polar surface area (TPSA) is 731 Å². The second-order valence-corrected chi connectivity index (χ2v) is 30.6. The minimum atomic E-state index is -1.95. The van der Waals surface area contributed by atoms with Crippen molar-refractivity contribution < 1.29 is 82.4 Å². The highest BCUT2D eigenvalue weighted by Gasteiger charge is 2.40. The van der Waals surface area contributed by atoms with E-state index < -0.39 is 198 Å². The zero-order chi connectivity index (χ0) is 90.6. The molecule has 0 aliphatic heterocycles. The third-order valence-corrected chi connectivity index (χ3v) is 19.7. The van der Waals surface area contributed by atoms with Crippen molar-refractivity contribution in [1.29, 1.82) is 16.2 Å². The molecule has 2 aromatic heterocycles. The highest BCUT2D eigenvalue weighted by Crippen LogP contribution is 2.22. The number of amides is 14. The number of nitrogens with one attached hydrogen (secondary N) is 18. The molecule has 33 N–H and O–H groups in total. The number of guanidine groups is 3. The predicted molar refractivity (Wildman–Crippen MR) is 448 cm³/mol. The van der Waals surface area contributed by atoms with E-state index in [-0.39, 0.29) is 94.3 Å². The van der Waals surface area contributed by atoms with Crippen LogP contribution in [0, 0.1) is 34.0 Å². The number of fused-ring (bicyclic) bond motifs is 1. The van der Waals surface area contributed by atoms with E-state index in [0.29, 0.717) is 52.7 Å². The number of para-hydroxylation sites is 1. The van der Waals surface area contributed by atoms with Crippen molar-refractivity contribution in [2.45, 2.75) is 204 Å². The van der Waals surface area contributed by atoms with Gasteiger partial charge in [0.2, 0.25) is 82.7 Å². The Morgan fingerprint density at radius 3 is 1.43 bits per heavy atom. The standard InChI is InChI=1S/C79H118N26O17/c1-40(2)31-55(99-69(115)56(33-45-20-24-49(108)25-21-45)100-70(116)58(35-47-38-89-39-94-47)98-66(112)42(5)13-10-28-90-77(83)84)68(114)102-59(36-62(81)110)71(117)101-57(34-46-37-93-51-15-9-8-14-50(46)51)72(118)103-63(41(3)4)74(120)104-64(43(6)106)75(121)95-52(16-11-29-91-78(85)86)67(113)96-53(26-27-61(80)109)76(122)105(7)60(17-12-30-92-79(87)88)73(119)97-54(65(82)111)32-44-18-22-48(107)23-19-44/h8-9,14-15,18-25,37-43,52-60,63-64,93,106-108H,10-13,16-17,26-36H2,1-7H3,(H2,80,109)(H2,81,110)(H2,82,111)(H,89,94)(H,95,121)(H,96,113)(H,97,119)(H,98,112)(H,99,115)(H,100,116)(H,101,117)(H,102,114)(H,103,118)(H,104,120)(H4,83,84,90)(H4,85,86,91)(H4,87,88,92)/t42-,43+,52-,53-,54?,55-,56-,57-,58-,59-,60-,63-,64-/m0/s1. The summed E-state index contributed by atoms with van der Waals surface area (Å²) in [6.07, 6.45) is 0.0451. The molecule has 0 saturated carbocycles. The summed E-state index contributed by atoms with van der Waals surface area (Å²) in [5.41, 5.74) is 35.8. The molecule has 5 aromatic rings. The molecule has 3 aromatic carbocycles. The van der Waals surface area contributed by atoms with Gasteiger partial charge >= 0.3 is 0 Å². The van der Waals surface area contributed by atoms with E-state index in [1.807, 2.05) is 0 Å². The molecule has 14 amide bonds. The average molecular weight is 1700 g/mol. The molecule has 43 nitrogen and oxygen atoms in total. The Labute approximate surface area is 704 Å². The maximum absolute atomic E-state index is 15.1. The highest BCUT2D eigenvalue weighted by atomic mass is 16.3. The van der Waals surface area contributed by atoms with E-state index in [9.17, 15) is 77.6 Å². The van der Waals surface area contributed by atoms with Gasteiger partial charge < -0.3 is 134 Å². The lowest BCUT2D eigenvalue weighted by atomic mass is 9.99. The van der Waals surface area contributed by atoms with Crippen LogP contribution < -0.4 is 104 Å². The van der Waals surface area contributed by atoms with E-state index in [2.05, 4.69) is 84.1 Å². The number of rotatable bonds is 52. The molecule has 0 radical (unpaired) electrons.